The molecule has 0 spiro atoms. The van der Waals surface area contributed by atoms with E-state index in [0.29, 0.717) is 45.0 Å². The van der Waals surface area contributed by atoms with Crippen molar-refractivity contribution in [2.45, 2.75) is 37.6 Å². The first kappa shape index (κ1) is 18.9. The molecule has 3 heterocycles. The lowest BCUT2D eigenvalue weighted by molar-refractivity contribution is -0.138. The molecule has 1 aromatic rings. The quantitative estimate of drug-likeness (QED) is 0.870. The van der Waals surface area contributed by atoms with Gasteiger partial charge in [-0.05, 0) is 25.0 Å². The van der Waals surface area contributed by atoms with Crippen molar-refractivity contribution in [3.05, 3.63) is 23.9 Å². The van der Waals surface area contributed by atoms with E-state index in [-0.39, 0.29) is 18.1 Å². The number of halogens is 3. The molecule has 0 saturated carbocycles. The van der Waals surface area contributed by atoms with Gasteiger partial charge in [0.1, 0.15) is 5.82 Å². The number of nitrogens with two attached hydrogens (primary N) is 1. The van der Waals surface area contributed by atoms with Crippen molar-refractivity contribution in [3.63, 3.8) is 0 Å². The van der Waals surface area contributed by atoms with Crippen molar-refractivity contribution in [2.75, 3.05) is 37.6 Å². The molecule has 2 aliphatic heterocycles. The maximum atomic E-state index is 12.6. The number of aromatic nitrogens is 1. The minimum absolute atomic E-state index is 0.0488. The molecule has 0 radical (unpaired) electrons. The second kappa shape index (κ2) is 7.79. The van der Waals surface area contributed by atoms with E-state index in [2.05, 4.69) is 4.98 Å². The summed E-state index contributed by atoms with van der Waals surface area (Å²) >= 11 is 0. The van der Waals surface area contributed by atoms with Crippen LogP contribution in [0.5, 0.6) is 0 Å². The Labute approximate surface area is 150 Å². The number of ether oxygens (including phenoxy) is 1. The van der Waals surface area contributed by atoms with E-state index in [9.17, 15) is 18.0 Å². The van der Waals surface area contributed by atoms with Gasteiger partial charge in [-0.2, -0.15) is 13.2 Å². The Kier molecular flexibility index (Phi) is 5.67. The van der Waals surface area contributed by atoms with Gasteiger partial charge in [0.2, 0.25) is 5.91 Å². The van der Waals surface area contributed by atoms with Crippen LogP contribution in [-0.4, -0.2) is 60.7 Å². The van der Waals surface area contributed by atoms with Crippen LogP contribution in [0.15, 0.2) is 18.3 Å². The van der Waals surface area contributed by atoms with E-state index in [1.807, 2.05) is 4.90 Å². The fourth-order valence-corrected chi connectivity index (χ4v) is 3.35. The first-order valence-electron chi connectivity index (χ1n) is 8.78. The minimum atomic E-state index is -4.39. The maximum absolute atomic E-state index is 12.6. The second-order valence-corrected chi connectivity index (χ2v) is 6.67. The molecule has 0 bridgehead atoms. The number of rotatable bonds is 4. The van der Waals surface area contributed by atoms with Gasteiger partial charge < -0.3 is 20.3 Å². The van der Waals surface area contributed by atoms with Crippen molar-refractivity contribution in [1.82, 2.24) is 9.88 Å². The van der Waals surface area contributed by atoms with Crippen LogP contribution in [0.1, 0.15) is 24.8 Å². The summed E-state index contributed by atoms with van der Waals surface area (Å²) in [6.45, 7) is 2.61. The highest BCUT2D eigenvalue weighted by atomic mass is 19.4. The lowest BCUT2D eigenvalue weighted by atomic mass is 10.1. The van der Waals surface area contributed by atoms with Crippen molar-refractivity contribution in [2.24, 2.45) is 5.73 Å². The smallest absolute Gasteiger partial charge is 0.373 e. The van der Waals surface area contributed by atoms with Crippen molar-refractivity contribution in [1.29, 1.82) is 0 Å². The molecule has 2 aliphatic rings. The van der Waals surface area contributed by atoms with Crippen LogP contribution >= 0.6 is 0 Å². The molecule has 2 unspecified atom stereocenters. The molecule has 2 saturated heterocycles. The number of nitrogens with zero attached hydrogens (tertiary/aromatic N) is 3. The molecule has 2 fully saturated rings. The van der Waals surface area contributed by atoms with Gasteiger partial charge in [0, 0.05) is 38.9 Å². The molecule has 0 aliphatic carbocycles. The van der Waals surface area contributed by atoms with Crippen LogP contribution in [0.3, 0.4) is 0 Å². The first-order valence-corrected chi connectivity index (χ1v) is 8.78. The summed E-state index contributed by atoms with van der Waals surface area (Å²) in [6.07, 6.45) is -1.46. The van der Waals surface area contributed by atoms with E-state index in [1.54, 1.807) is 4.90 Å². The number of pyridine rings is 1. The number of amides is 1. The third-order valence-electron chi connectivity index (χ3n) is 4.89. The van der Waals surface area contributed by atoms with Gasteiger partial charge in [-0.15, -0.1) is 0 Å². The average Bonchev–Trinajstić information content (AvgIpc) is 3.09. The van der Waals surface area contributed by atoms with Gasteiger partial charge in [0.25, 0.3) is 0 Å². The van der Waals surface area contributed by atoms with Gasteiger partial charge in [-0.25, -0.2) is 4.98 Å². The summed E-state index contributed by atoms with van der Waals surface area (Å²) in [7, 11) is 0. The van der Waals surface area contributed by atoms with E-state index in [0.717, 1.165) is 25.1 Å². The Morgan fingerprint density at radius 3 is 2.42 bits per heavy atom. The van der Waals surface area contributed by atoms with Gasteiger partial charge in [0.05, 0.1) is 24.2 Å². The van der Waals surface area contributed by atoms with E-state index in [4.69, 9.17) is 10.5 Å². The number of anilines is 1. The normalized spacial score (nSPS) is 24.2. The Bertz CT molecular complexity index is 615. The van der Waals surface area contributed by atoms with Crippen LogP contribution in [0, 0.1) is 0 Å². The minimum Gasteiger partial charge on any atom is -0.373 e. The number of alkyl halides is 3. The first-order chi connectivity index (χ1) is 12.4. The molecule has 1 aromatic heterocycles. The Morgan fingerprint density at radius 2 is 1.88 bits per heavy atom. The van der Waals surface area contributed by atoms with Gasteiger partial charge in [0.15, 0.2) is 0 Å². The second-order valence-electron chi connectivity index (χ2n) is 6.67. The highest BCUT2D eigenvalue weighted by Crippen LogP contribution is 2.29. The molecule has 2 N–H and O–H groups in total. The summed E-state index contributed by atoms with van der Waals surface area (Å²) in [5.74, 6) is 0.544. The van der Waals surface area contributed by atoms with E-state index < -0.39 is 11.7 Å². The largest absolute Gasteiger partial charge is 0.417 e. The Hall–Kier alpha value is -1.87. The van der Waals surface area contributed by atoms with Gasteiger partial charge >= 0.3 is 6.18 Å². The number of piperazine rings is 1. The third kappa shape index (κ3) is 4.45. The monoisotopic (exact) mass is 372 g/mol. The van der Waals surface area contributed by atoms with Crippen molar-refractivity contribution >= 4 is 11.7 Å². The molecule has 6 nitrogen and oxygen atoms in total. The zero-order valence-corrected chi connectivity index (χ0v) is 14.4. The van der Waals surface area contributed by atoms with Crippen molar-refractivity contribution < 1.29 is 22.7 Å². The van der Waals surface area contributed by atoms with Crippen molar-refractivity contribution in [3.8, 4) is 0 Å². The highest BCUT2D eigenvalue weighted by molar-refractivity contribution is 5.77. The van der Waals surface area contributed by atoms with Gasteiger partial charge in [-0.3, -0.25) is 4.79 Å². The molecule has 26 heavy (non-hydrogen) atoms. The average molecular weight is 372 g/mol. The van der Waals surface area contributed by atoms with Crippen LogP contribution in [0.25, 0.3) is 0 Å². The van der Waals surface area contributed by atoms with Crippen LogP contribution in [0.2, 0.25) is 0 Å². The molecule has 0 aromatic carbocycles. The summed E-state index contributed by atoms with van der Waals surface area (Å²) in [6, 6.07) is 2.41. The predicted molar refractivity (Wildman–Crippen MR) is 89.6 cm³/mol. The standard InChI is InChI=1S/C17H23F3N4O2/c18-17(19,20)12-1-4-15(22-11-12)23-5-7-24(8-6-23)16(25)9-13-2-3-14(10-21)26-13/h1,4,11,13-14H,2-3,5-10,21H2. The molecule has 144 valence electrons. The highest BCUT2D eigenvalue weighted by Gasteiger charge is 2.32. The Balaban J connectivity index is 1.48. The summed E-state index contributed by atoms with van der Waals surface area (Å²) in [5.41, 5.74) is 4.82. The molecular formula is C17H23F3N4O2. The number of hydrogen-bond donors (Lipinski definition) is 1. The SMILES string of the molecule is NCC1CCC(CC(=O)N2CCN(c3ccc(C(F)(F)F)cn3)CC2)O1. The third-order valence-corrected chi connectivity index (χ3v) is 4.89. The summed E-state index contributed by atoms with van der Waals surface area (Å²) in [4.78, 5) is 20.0. The lowest BCUT2D eigenvalue weighted by Gasteiger charge is -2.36. The zero-order chi connectivity index (χ0) is 18.7. The van der Waals surface area contributed by atoms with Crippen LogP contribution in [-0.2, 0) is 15.7 Å². The van der Waals surface area contributed by atoms with Crippen LogP contribution in [0.4, 0.5) is 19.0 Å². The number of carbonyl (C=O) groups excluding carboxylic acids is 1. The lowest BCUT2D eigenvalue weighted by Crippen LogP contribution is -2.49. The van der Waals surface area contributed by atoms with E-state index in [1.165, 1.54) is 6.07 Å². The fourth-order valence-electron chi connectivity index (χ4n) is 3.35. The number of carbonyl (C=O) groups is 1. The Morgan fingerprint density at radius 1 is 1.19 bits per heavy atom. The molecular weight excluding hydrogens is 349 g/mol. The molecule has 3 rings (SSSR count). The van der Waals surface area contributed by atoms with Crippen LogP contribution < -0.4 is 10.6 Å². The summed E-state index contributed by atoms with van der Waals surface area (Å²) in [5, 5.41) is 0. The fraction of sp³-hybridized carbons (Fsp3) is 0.647. The molecule has 1 amide bonds. The predicted octanol–water partition coefficient (Wildman–Crippen LogP) is 1.65. The van der Waals surface area contributed by atoms with E-state index >= 15 is 0 Å². The zero-order valence-electron chi connectivity index (χ0n) is 14.4. The maximum Gasteiger partial charge on any atom is 0.417 e. The molecule has 2 atom stereocenters. The van der Waals surface area contributed by atoms with Gasteiger partial charge in [-0.1, -0.05) is 0 Å². The summed E-state index contributed by atoms with van der Waals surface area (Å²) < 4.78 is 43.5. The number of hydrogen-bond acceptors (Lipinski definition) is 5. The topological polar surface area (TPSA) is 71.7 Å². The molecule has 9 heteroatoms.